The van der Waals surface area contributed by atoms with Gasteiger partial charge in [-0.1, -0.05) is 6.42 Å². The first kappa shape index (κ1) is 13.8. The van der Waals surface area contributed by atoms with Crippen molar-refractivity contribution in [2.75, 3.05) is 34.2 Å². The molecule has 0 aromatic rings. The number of rotatable bonds is 4. The van der Waals surface area contributed by atoms with Gasteiger partial charge in [0.05, 0.1) is 6.04 Å². The predicted octanol–water partition coefficient (Wildman–Crippen LogP) is 1.07. The van der Waals surface area contributed by atoms with E-state index in [2.05, 4.69) is 24.3 Å². The first-order chi connectivity index (χ1) is 8.55. The summed E-state index contributed by atoms with van der Waals surface area (Å²) >= 11 is 0. The summed E-state index contributed by atoms with van der Waals surface area (Å²) in [6, 6.07) is 0.0584. The molecule has 1 saturated carbocycles. The van der Waals surface area contributed by atoms with Crippen molar-refractivity contribution in [3.63, 3.8) is 0 Å². The average molecular weight is 253 g/mol. The van der Waals surface area contributed by atoms with Crippen LogP contribution in [0.3, 0.4) is 0 Å². The molecule has 0 spiro atoms. The Morgan fingerprint density at radius 2 is 1.94 bits per heavy atom. The minimum Gasteiger partial charge on any atom is -0.343 e. The van der Waals surface area contributed by atoms with Crippen LogP contribution in [-0.2, 0) is 4.79 Å². The summed E-state index contributed by atoms with van der Waals surface area (Å²) < 4.78 is 0. The third-order valence-corrected chi connectivity index (χ3v) is 4.75. The molecule has 1 amide bonds. The Morgan fingerprint density at radius 1 is 1.22 bits per heavy atom. The largest absolute Gasteiger partial charge is 0.343 e. The first-order valence-corrected chi connectivity index (χ1v) is 7.21. The lowest BCUT2D eigenvalue weighted by atomic mass is 9.75. The first-order valence-electron chi connectivity index (χ1n) is 7.21. The van der Waals surface area contributed by atoms with Crippen LogP contribution in [-0.4, -0.2) is 61.5 Å². The van der Waals surface area contributed by atoms with E-state index < -0.39 is 0 Å². The second-order valence-corrected chi connectivity index (χ2v) is 6.17. The number of carbonyl (C=O) groups excluding carboxylic acids is 1. The Balaban J connectivity index is 1.90. The van der Waals surface area contributed by atoms with Gasteiger partial charge < -0.3 is 15.1 Å². The second kappa shape index (κ2) is 5.57. The summed E-state index contributed by atoms with van der Waals surface area (Å²) in [6.45, 7) is 1.86. The number of carbonyl (C=O) groups is 1. The number of nitrogens with zero attached hydrogens (tertiary/aromatic N) is 2. The highest BCUT2D eigenvalue weighted by atomic mass is 16.2. The molecule has 104 valence electrons. The third-order valence-electron chi connectivity index (χ3n) is 4.75. The minimum absolute atomic E-state index is 0.0584. The van der Waals surface area contributed by atoms with Crippen LogP contribution in [0.1, 0.15) is 38.5 Å². The Morgan fingerprint density at radius 3 is 2.39 bits per heavy atom. The fourth-order valence-electron chi connectivity index (χ4n) is 3.18. The third kappa shape index (κ3) is 2.69. The lowest BCUT2D eigenvalue weighted by molar-refractivity contribution is -0.135. The molecule has 1 saturated heterocycles. The molecule has 1 atom stereocenters. The number of hydrogen-bond acceptors (Lipinski definition) is 3. The van der Waals surface area contributed by atoms with Crippen LogP contribution in [0, 0.1) is 0 Å². The zero-order valence-corrected chi connectivity index (χ0v) is 12.0. The van der Waals surface area contributed by atoms with E-state index in [0.717, 1.165) is 19.5 Å². The fraction of sp³-hybridized carbons (Fsp3) is 0.929. The van der Waals surface area contributed by atoms with Crippen LogP contribution >= 0.6 is 0 Å². The second-order valence-electron chi connectivity index (χ2n) is 6.17. The number of likely N-dealkylation sites (N-methyl/N-ethyl adjacent to an activating group) is 2. The monoisotopic (exact) mass is 253 g/mol. The van der Waals surface area contributed by atoms with Crippen LogP contribution < -0.4 is 5.32 Å². The van der Waals surface area contributed by atoms with Crippen LogP contribution in [0.25, 0.3) is 0 Å². The SMILES string of the molecule is CN(CC1(N(C)C)CCC1)C(=O)[C@H]1CCCCN1. The van der Waals surface area contributed by atoms with E-state index in [1.54, 1.807) is 0 Å². The minimum atomic E-state index is 0.0584. The number of amides is 1. The molecule has 2 aliphatic rings. The van der Waals surface area contributed by atoms with Crippen molar-refractivity contribution in [2.24, 2.45) is 0 Å². The van der Waals surface area contributed by atoms with Crippen molar-refractivity contribution in [3.8, 4) is 0 Å². The maximum absolute atomic E-state index is 12.4. The lowest BCUT2D eigenvalue weighted by Gasteiger charge is -2.49. The molecule has 0 radical (unpaired) electrons. The molecule has 18 heavy (non-hydrogen) atoms. The number of nitrogens with one attached hydrogen (secondary N) is 1. The van der Waals surface area contributed by atoms with Crippen LogP contribution in [0.5, 0.6) is 0 Å². The molecule has 0 aromatic heterocycles. The maximum atomic E-state index is 12.4. The predicted molar refractivity (Wildman–Crippen MR) is 73.5 cm³/mol. The van der Waals surface area contributed by atoms with Gasteiger partial charge in [-0.05, 0) is 52.7 Å². The van der Waals surface area contributed by atoms with E-state index in [9.17, 15) is 4.79 Å². The molecular weight excluding hydrogens is 226 g/mol. The van der Waals surface area contributed by atoms with Gasteiger partial charge in [-0.3, -0.25) is 4.79 Å². The smallest absolute Gasteiger partial charge is 0.239 e. The summed E-state index contributed by atoms with van der Waals surface area (Å²) in [7, 11) is 6.23. The van der Waals surface area contributed by atoms with E-state index in [0.29, 0.717) is 0 Å². The Labute approximate surface area is 111 Å². The number of hydrogen-bond donors (Lipinski definition) is 1. The zero-order valence-electron chi connectivity index (χ0n) is 12.0. The van der Waals surface area contributed by atoms with Crippen LogP contribution in [0.2, 0.25) is 0 Å². The molecule has 0 bridgehead atoms. The molecule has 1 N–H and O–H groups in total. The van der Waals surface area contributed by atoms with Gasteiger partial charge in [-0.2, -0.15) is 0 Å². The number of piperidine rings is 1. The van der Waals surface area contributed by atoms with Crippen molar-refractivity contribution < 1.29 is 4.79 Å². The van der Waals surface area contributed by atoms with Gasteiger partial charge in [-0.25, -0.2) is 0 Å². The summed E-state index contributed by atoms with van der Waals surface area (Å²) in [5.41, 5.74) is 0.235. The molecule has 4 nitrogen and oxygen atoms in total. The van der Waals surface area contributed by atoms with E-state index in [-0.39, 0.29) is 17.5 Å². The van der Waals surface area contributed by atoms with Gasteiger partial charge in [0, 0.05) is 19.1 Å². The van der Waals surface area contributed by atoms with Gasteiger partial charge >= 0.3 is 0 Å². The van der Waals surface area contributed by atoms with Crippen molar-refractivity contribution in [3.05, 3.63) is 0 Å². The molecule has 4 heteroatoms. The molecule has 0 aromatic carbocycles. The lowest BCUT2D eigenvalue weighted by Crippen LogP contribution is -2.59. The fourth-order valence-corrected chi connectivity index (χ4v) is 3.18. The normalized spacial score (nSPS) is 26.8. The highest BCUT2D eigenvalue weighted by Crippen LogP contribution is 2.36. The van der Waals surface area contributed by atoms with Gasteiger partial charge in [0.25, 0.3) is 0 Å². The molecule has 1 aliphatic heterocycles. The van der Waals surface area contributed by atoms with Gasteiger partial charge in [-0.15, -0.1) is 0 Å². The van der Waals surface area contributed by atoms with Gasteiger partial charge in [0.15, 0.2) is 0 Å². The van der Waals surface area contributed by atoms with Crippen molar-refractivity contribution >= 4 is 5.91 Å². The summed E-state index contributed by atoms with van der Waals surface area (Å²) in [5.74, 6) is 0.280. The highest BCUT2D eigenvalue weighted by molar-refractivity contribution is 5.81. The molecule has 0 unspecified atom stereocenters. The quantitative estimate of drug-likeness (QED) is 0.814. The summed E-state index contributed by atoms with van der Waals surface area (Å²) in [4.78, 5) is 16.6. The molecule has 1 heterocycles. The Kier molecular flexibility index (Phi) is 4.28. The summed E-state index contributed by atoms with van der Waals surface area (Å²) in [6.07, 6.45) is 7.11. The van der Waals surface area contributed by atoms with E-state index >= 15 is 0 Å². The Hall–Kier alpha value is -0.610. The van der Waals surface area contributed by atoms with Crippen molar-refractivity contribution in [1.82, 2.24) is 15.1 Å². The van der Waals surface area contributed by atoms with E-state index in [4.69, 9.17) is 0 Å². The molecule has 1 aliphatic carbocycles. The molecule has 2 rings (SSSR count). The maximum Gasteiger partial charge on any atom is 0.239 e. The van der Waals surface area contributed by atoms with Crippen molar-refractivity contribution in [1.29, 1.82) is 0 Å². The van der Waals surface area contributed by atoms with Crippen molar-refractivity contribution in [2.45, 2.75) is 50.1 Å². The Bertz CT molecular complexity index is 293. The van der Waals surface area contributed by atoms with Crippen LogP contribution in [0.15, 0.2) is 0 Å². The molecule has 2 fully saturated rings. The summed E-state index contributed by atoms with van der Waals surface area (Å²) in [5, 5.41) is 3.35. The van der Waals surface area contributed by atoms with E-state index in [1.807, 2.05) is 11.9 Å². The standard InChI is InChI=1S/C14H27N3O/c1-16(2)14(8-6-9-14)11-17(3)13(18)12-7-4-5-10-15-12/h12,15H,4-11H2,1-3H3/t12-/m1/s1. The van der Waals surface area contributed by atoms with Gasteiger partial charge in [0.2, 0.25) is 5.91 Å². The average Bonchev–Trinajstić information content (AvgIpc) is 2.33. The molecular formula is C14H27N3O. The topological polar surface area (TPSA) is 35.6 Å². The van der Waals surface area contributed by atoms with Crippen LogP contribution in [0.4, 0.5) is 0 Å². The zero-order chi connectivity index (χ0) is 13.2. The van der Waals surface area contributed by atoms with E-state index in [1.165, 1.54) is 32.1 Å². The highest BCUT2D eigenvalue weighted by Gasteiger charge is 2.41. The van der Waals surface area contributed by atoms with Gasteiger partial charge in [0.1, 0.15) is 0 Å².